The highest BCUT2D eigenvalue weighted by Gasteiger charge is 2.26. The summed E-state index contributed by atoms with van der Waals surface area (Å²) in [6, 6.07) is 19.1. The van der Waals surface area contributed by atoms with E-state index < -0.39 is 12.1 Å². The normalized spacial score (nSPS) is 13.6. The second kappa shape index (κ2) is 9.11. The summed E-state index contributed by atoms with van der Waals surface area (Å²) in [5, 5.41) is 10.7. The SMILES string of the molecule is Cc1ccc(C(C)(C)C)cc1Cc1ccc(C(=O)N(C)C(C)C(O)c2ccccc2)o1. The molecule has 2 unspecified atom stereocenters. The number of rotatable bonds is 6. The van der Waals surface area contributed by atoms with E-state index in [1.54, 1.807) is 13.1 Å². The molecule has 3 rings (SSSR count). The average Bonchev–Trinajstić information content (AvgIpc) is 3.21. The van der Waals surface area contributed by atoms with Crippen LogP contribution in [0.2, 0.25) is 0 Å². The van der Waals surface area contributed by atoms with E-state index in [0.717, 1.165) is 11.3 Å². The van der Waals surface area contributed by atoms with E-state index in [0.29, 0.717) is 6.42 Å². The van der Waals surface area contributed by atoms with Crippen LogP contribution in [0.25, 0.3) is 0 Å². The molecule has 0 radical (unpaired) electrons. The molecule has 4 heteroatoms. The van der Waals surface area contributed by atoms with Crippen LogP contribution in [-0.2, 0) is 11.8 Å². The minimum Gasteiger partial charge on any atom is -0.456 e. The van der Waals surface area contributed by atoms with Gasteiger partial charge in [0.15, 0.2) is 5.76 Å². The van der Waals surface area contributed by atoms with E-state index in [4.69, 9.17) is 4.42 Å². The van der Waals surface area contributed by atoms with Crippen LogP contribution in [0.5, 0.6) is 0 Å². The molecule has 31 heavy (non-hydrogen) atoms. The summed E-state index contributed by atoms with van der Waals surface area (Å²) in [7, 11) is 1.69. The van der Waals surface area contributed by atoms with E-state index in [-0.39, 0.29) is 17.1 Å². The Morgan fingerprint density at radius 1 is 1.06 bits per heavy atom. The van der Waals surface area contributed by atoms with Crippen molar-refractivity contribution < 1.29 is 14.3 Å². The molecule has 4 nitrogen and oxygen atoms in total. The fraction of sp³-hybridized carbons (Fsp3) is 0.370. The maximum atomic E-state index is 13.0. The molecule has 1 heterocycles. The topological polar surface area (TPSA) is 53.7 Å². The third-order valence-electron chi connectivity index (χ3n) is 5.98. The summed E-state index contributed by atoms with van der Waals surface area (Å²) in [6.07, 6.45) is -0.137. The Bertz CT molecular complexity index is 1030. The van der Waals surface area contributed by atoms with E-state index in [1.807, 2.05) is 43.3 Å². The predicted molar refractivity (Wildman–Crippen MR) is 124 cm³/mol. The molecule has 1 N–H and O–H groups in total. The van der Waals surface area contributed by atoms with Crippen LogP contribution in [0, 0.1) is 6.92 Å². The van der Waals surface area contributed by atoms with Crippen molar-refractivity contribution in [3.05, 3.63) is 94.4 Å². The molecule has 2 atom stereocenters. The molecule has 0 aliphatic carbocycles. The summed E-state index contributed by atoms with van der Waals surface area (Å²) < 4.78 is 5.91. The zero-order valence-corrected chi connectivity index (χ0v) is 19.3. The third kappa shape index (κ3) is 5.26. The Morgan fingerprint density at radius 2 is 1.74 bits per heavy atom. The molecule has 0 saturated heterocycles. The number of carbonyl (C=O) groups excluding carboxylic acids is 1. The summed E-state index contributed by atoms with van der Waals surface area (Å²) in [5.74, 6) is 0.797. The maximum absolute atomic E-state index is 13.0. The standard InChI is InChI=1S/C27H33NO3/c1-18-12-13-22(27(3,4)5)16-21(18)17-23-14-15-24(31-23)26(30)28(6)19(2)25(29)20-10-8-7-9-11-20/h7-16,19,25,29H,17H2,1-6H3. The number of nitrogens with zero attached hydrogens (tertiary/aromatic N) is 1. The minimum atomic E-state index is -0.771. The Morgan fingerprint density at radius 3 is 2.39 bits per heavy atom. The highest BCUT2D eigenvalue weighted by atomic mass is 16.4. The monoisotopic (exact) mass is 419 g/mol. The summed E-state index contributed by atoms with van der Waals surface area (Å²) in [4.78, 5) is 14.5. The lowest BCUT2D eigenvalue weighted by atomic mass is 9.85. The number of aliphatic hydroxyl groups is 1. The van der Waals surface area contributed by atoms with Gasteiger partial charge in [-0.05, 0) is 53.6 Å². The van der Waals surface area contributed by atoms with Gasteiger partial charge in [-0.3, -0.25) is 4.79 Å². The van der Waals surface area contributed by atoms with Crippen LogP contribution in [0.4, 0.5) is 0 Å². The number of benzene rings is 2. The average molecular weight is 420 g/mol. The van der Waals surface area contributed by atoms with E-state index in [9.17, 15) is 9.90 Å². The smallest absolute Gasteiger partial charge is 0.289 e. The van der Waals surface area contributed by atoms with Gasteiger partial charge in [-0.25, -0.2) is 0 Å². The molecule has 164 valence electrons. The van der Waals surface area contributed by atoms with E-state index in [1.165, 1.54) is 21.6 Å². The van der Waals surface area contributed by atoms with Crippen LogP contribution in [-0.4, -0.2) is 29.0 Å². The second-order valence-corrected chi connectivity index (χ2v) is 9.35. The summed E-state index contributed by atoms with van der Waals surface area (Å²) >= 11 is 0. The largest absolute Gasteiger partial charge is 0.456 e. The quantitative estimate of drug-likeness (QED) is 0.560. The predicted octanol–water partition coefficient (Wildman–Crippen LogP) is 5.67. The highest BCUT2D eigenvalue weighted by Crippen LogP contribution is 2.27. The number of likely N-dealkylation sites (N-methyl/N-ethyl adjacent to an activating group) is 1. The van der Waals surface area contributed by atoms with Gasteiger partial charge in [0.25, 0.3) is 5.91 Å². The second-order valence-electron chi connectivity index (χ2n) is 9.35. The van der Waals surface area contributed by atoms with Crippen molar-refractivity contribution in [3.8, 4) is 0 Å². The number of furan rings is 1. The fourth-order valence-electron chi connectivity index (χ4n) is 3.60. The number of aryl methyl sites for hydroxylation is 1. The van der Waals surface area contributed by atoms with Gasteiger partial charge >= 0.3 is 0 Å². The number of carbonyl (C=O) groups is 1. The van der Waals surface area contributed by atoms with Gasteiger partial charge in [0.05, 0.1) is 12.1 Å². The van der Waals surface area contributed by atoms with Crippen molar-refractivity contribution in [1.82, 2.24) is 4.90 Å². The first-order valence-corrected chi connectivity index (χ1v) is 10.8. The molecule has 0 bridgehead atoms. The van der Waals surface area contributed by atoms with Crippen LogP contribution >= 0.6 is 0 Å². The first-order valence-electron chi connectivity index (χ1n) is 10.8. The van der Waals surface area contributed by atoms with Crippen molar-refractivity contribution in [2.45, 2.75) is 58.6 Å². The van der Waals surface area contributed by atoms with Crippen molar-refractivity contribution in [3.63, 3.8) is 0 Å². The Hall–Kier alpha value is -2.85. The number of amides is 1. The van der Waals surface area contributed by atoms with E-state index in [2.05, 4.69) is 45.9 Å². The highest BCUT2D eigenvalue weighted by molar-refractivity contribution is 5.91. The summed E-state index contributed by atoms with van der Waals surface area (Å²) in [6.45, 7) is 10.5. The Balaban J connectivity index is 1.74. The van der Waals surface area contributed by atoms with E-state index >= 15 is 0 Å². The van der Waals surface area contributed by atoms with Crippen molar-refractivity contribution in [2.75, 3.05) is 7.05 Å². The molecular weight excluding hydrogens is 386 g/mol. The fourth-order valence-corrected chi connectivity index (χ4v) is 3.60. The van der Waals surface area contributed by atoms with Gasteiger partial charge in [0.1, 0.15) is 5.76 Å². The molecule has 0 fully saturated rings. The maximum Gasteiger partial charge on any atom is 0.289 e. The lowest BCUT2D eigenvalue weighted by Gasteiger charge is -2.28. The van der Waals surface area contributed by atoms with Gasteiger partial charge in [-0.1, -0.05) is 69.3 Å². The molecular formula is C27H33NO3. The molecule has 0 aliphatic rings. The van der Waals surface area contributed by atoms with Gasteiger partial charge in [0.2, 0.25) is 0 Å². The number of hydrogen-bond donors (Lipinski definition) is 1. The van der Waals surface area contributed by atoms with Gasteiger partial charge in [0, 0.05) is 13.5 Å². The Labute approximate surface area is 185 Å². The number of aliphatic hydroxyl groups excluding tert-OH is 1. The van der Waals surface area contributed by atoms with Crippen molar-refractivity contribution in [2.24, 2.45) is 0 Å². The van der Waals surface area contributed by atoms with Crippen molar-refractivity contribution >= 4 is 5.91 Å². The third-order valence-corrected chi connectivity index (χ3v) is 5.98. The Kier molecular flexibility index (Phi) is 6.71. The van der Waals surface area contributed by atoms with Crippen molar-refractivity contribution in [1.29, 1.82) is 0 Å². The van der Waals surface area contributed by atoms with Crippen LogP contribution < -0.4 is 0 Å². The molecule has 0 aliphatic heterocycles. The first kappa shape index (κ1) is 22.8. The number of hydrogen-bond acceptors (Lipinski definition) is 3. The van der Waals surface area contributed by atoms with Gasteiger partial charge in [-0.2, -0.15) is 0 Å². The molecule has 1 aromatic heterocycles. The molecule has 1 amide bonds. The molecule has 0 saturated carbocycles. The lowest BCUT2D eigenvalue weighted by Crippen LogP contribution is -2.38. The minimum absolute atomic E-state index is 0.0746. The molecule has 0 spiro atoms. The lowest BCUT2D eigenvalue weighted by molar-refractivity contribution is 0.0460. The zero-order valence-electron chi connectivity index (χ0n) is 19.3. The van der Waals surface area contributed by atoms with Crippen LogP contribution in [0.15, 0.2) is 65.1 Å². The van der Waals surface area contributed by atoms with Gasteiger partial charge < -0.3 is 14.4 Å². The van der Waals surface area contributed by atoms with Crippen LogP contribution in [0.1, 0.15) is 72.4 Å². The van der Waals surface area contributed by atoms with Gasteiger partial charge in [-0.15, -0.1) is 0 Å². The summed E-state index contributed by atoms with van der Waals surface area (Å²) in [5.41, 5.74) is 4.53. The molecule has 3 aromatic rings. The zero-order chi connectivity index (χ0) is 22.8. The van der Waals surface area contributed by atoms with Crippen LogP contribution in [0.3, 0.4) is 0 Å². The molecule has 2 aromatic carbocycles. The first-order chi connectivity index (χ1) is 14.6.